The smallest absolute Gasteiger partial charge is 0.249 e. The summed E-state index contributed by atoms with van der Waals surface area (Å²) in [6.07, 6.45) is 39.3. The Hall–Kier alpha value is -0.890. The molecule has 1 aliphatic rings. The van der Waals surface area contributed by atoms with E-state index in [4.69, 9.17) is 9.47 Å². The van der Waals surface area contributed by atoms with Crippen LogP contribution in [0.3, 0.4) is 0 Å². The molecule has 1 rings (SSSR count). The molecule has 1 heterocycles. The van der Waals surface area contributed by atoms with Gasteiger partial charge in [0.1, 0.15) is 36.6 Å². The van der Waals surface area contributed by atoms with Crippen molar-refractivity contribution in [3.8, 4) is 0 Å². The molecule has 0 bridgehead atoms. The van der Waals surface area contributed by atoms with Crippen molar-refractivity contribution in [3.63, 3.8) is 0 Å². The van der Waals surface area contributed by atoms with Crippen LogP contribution in [0.5, 0.6) is 0 Å². The van der Waals surface area contributed by atoms with E-state index in [1.165, 1.54) is 199 Å². The van der Waals surface area contributed by atoms with Gasteiger partial charge >= 0.3 is 0 Å². The van der Waals surface area contributed by atoms with E-state index in [0.29, 0.717) is 19.3 Å². The summed E-state index contributed by atoms with van der Waals surface area (Å²) in [6.45, 7) is 3.43. The molecular formula is C55H109NO10. The van der Waals surface area contributed by atoms with E-state index in [2.05, 4.69) is 19.2 Å². The molecule has 9 unspecified atom stereocenters. The van der Waals surface area contributed by atoms with E-state index in [9.17, 15) is 40.5 Å². The zero-order valence-electron chi connectivity index (χ0n) is 43.0. The van der Waals surface area contributed by atoms with Crippen LogP contribution in [0.25, 0.3) is 0 Å². The van der Waals surface area contributed by atoms with Crippen molar-refractivity contribution in [2.45, 2.75) is 332 Å². The molecule has 0 aliphatic carbocycles. The van der Waals surface area contributed by atoms with Gasteiger partial charge in [-0.2, -0.15) is 0 Å². The number of rotatable bonds is 49. The summed E-state index contributed by atoms with van der Waals surface area (Å²) in [5, 5.41) is 75.6. The third-order valence-corrected chi connectivity index (χ3v) is 14.2. The quantitative estimate of drug-likeness (QED) is 0.0273. The van der Waals surface area contributed by atoms with E-state index in [1.807, 2.05) is 0 Å². The number of aliphatic hydroxyl groups is 7. The predicted molar refractivity (Wildman–Crippen MR) is 270 cm³/mol. The minimum absolute atomic E-state index is 0.266. The molecular weight excluding hydrogens is 835 g/mol. The first-order chi connectivity index (χ1) is 32.2. The highest BCUT2D eigenvalue weighted by Gasteiger charge is 2.44. The number of carbonyl (C=O) groups is 1. The van der Waals surface area contributed by atoms with Crippen molar-refractivity contribution in [3.05, 3.63) is 0 Å². The predicted octanol–water partition coefficient (Wildman–Crippen LogP) is 11.4. The second-order valence-electron chi connectivity index (χ2n) is 20.4. The van der Waals surface area contributed by atoms with Crippen molar-refractivity contribution in [2.24, 2.45) is 0 Å². The number of hydrogen-bond acceptors (Lipinski definition) is 10. The Bertz CT molecular complexity index is 1040. The lowest BCUT2D eigenvalue weighted by Gasteiger charge is -2.40. The average molecular weight is 944 g/mol. The molecule has 1 saturated heterocycles. The minimum atomic E-state index is -1.66. The SMILES string of the molecule is CCCCCCCCCCCCCCCCCCCCCCCCCCCCCCCCCC(O)C(=O)NC(COC1OC(CO)C(O)C(O)C1O)C(O)C(O)CCCCCCCCCC. The van der Waals surface area contributed by atoms with Gasteiger partial charge in [-0.25, -0.2) is 0 Å². The van der Waals surface area contributed by atoms with Crippen LogP contribution in [0.15, 0.2) is 0 Å². The molecule has 66 heavy (non-hydrogen) atoms. The molecule has 0 spiro atoms. The highest BCUT2D eigenvalue weighted by molar-refractivity contribution is 5.80. The Morgan fingerprint density at radius 2 is 0.788 bits per heavy atom. The summed E-state index contributed by atoms with van der Waals surface area (Å²) < 4.78 is 11.1. The molecule has 0 radical (unpaired) electrons. The molecule has 11 nitrogen and oxygen atoms in total. The summed E-state index contributed by atoms with van der Waals surface area (Å²) in [5.74, 6) is -0.693. The summed E-state index contributed by atoms with van der Waals surface area (Å²) in [6, 6.07) is -1.16. The molecule has 11 heteroatoms. The van der Waals surface area contributed by atoms with Crippen LogP contribution in [0.2, 0.25) is 0 Å². The van der Waals surface area contributed by atoms with Gasteiger partial charge < -0.3 is 50.5 Å². The highest BCUT2D eigenvalue weighted by atomic mass is 16.7. The van der Waals surface area contributed by atoms with Crippen molar-refractivity contribution < 1.29 is 50.0 Å². The van der Waals surface area contributed by atoms with Gasteiger partial charge in [0.25, 0.3) is 0 Å². The van der Waals surface area contributed by atoms with Crippen LogP contribution < -0.4 is 5.32 Å². The van der Waals surface area contributed by atoms with Gasteiger partial charge in [-0.05, 0) is 12.8 Å². The first-order valence-electron chi connectivity index (χ1n) is 28.4. The van der Waals surface area contributed by atoms with Crippen molar-refractivity contribution in [1.29, 1.82) is 0 Å². The number of unbranched alkanes of at least 4 members (excludes halogenated alkanes) is 37. The summed E-state index contributed by atoms with van der Waals surface area (Å²) >= 11 is 0. The van der Waals surface area contributed by atoms with E-state index < -0.39 is 74.2 Å². The van der Waals surface area contributed by atoms with Gasteiger partial charge in [-0.15, -0.1) is 0 Å². The Morgan fingerprint density at radius 3 is 1.12 bits per heavy atom. The van der Waals surface area contributed by atoms with E-state index in [1.54, 1.807) is 0 Å². The molecule has 8 N–H and O–H groups in total. The first kappa shape index (κ1) is 63.1. The molecule has 1 fully saturated rings. The molecule has 0 saturated carbocycles. The minimum Gasteiger partial charge on any atom is -0.394 e. The van der Waals surface area contributed by atoms with Crippen LogP contribution in [-0.2, 0) is 14.3 Å². The number of carbonyl (C=O) groups excluding carboxylic acids is 1. The number of aliphatic hydroxyl groups excluding tert-OH is 7. The third-order valence-electron chi connectivity index (χ3n) is 14.2. The molecule has 0 aromatic heterocycles. The van der Waals surface area contributed by atoms with E-state index >= 15 is 0 Å². The van der Waals surface area contributed by atoms with Gasteiger partial charge in [0.15, 0.2) is 6.29 Å². The topological polar surface area (TPSA) is 189 Å². The fraction of sp³-hybridized carbons (Fsp3) is 0.982. The summed E-state index contributed by atoms with van der Waals surface area (Å²) in [5.41, 5.74) is 0. The van der Waals surface area contributed by atoms with Gasteiger partial charge in [0, 0.05) is 0 Å². The Morgan fingerprint density at radius 1 is 0.470 bits per heavy atom. The maximum Gasteiger partial charge on any atom is 0.249 e. The maximum absolute atomic E-state index is 13.1. The van der Waals surface area contributed by atoms with Crippen LogP contribution in [0, 0.1) is 0 Å². The molecule has 1 aliphatic heterocycles. The molecule has 9 atom stereocenters. The monoisotopic (exact) mass is 944 g/mol. The van der Waals surface area contributed by atoms with Crippen molar-refractivity contribution >= 4 is 5.91 Å². The fourth-order valence-corrected chi connectivity index (χ4v) is 9.50. The Labute approximate surface area is 405 Å². The lowest BCUT2D eigenvalue weighted by atomic mass is 9.98. The number of ether oxygens (including phenoxy) is 2. The van der Waals surface area contributed by atoms with Gasteiger partial charge in [0.05, 0.1) is 25.4 Å². The zero-order chi connectivity index (χ0) is 48.3. The number of hydrogen-bond donors (Lipinski definition) is 8. The lowest BCUT2D eigenvalue weighted by Crippen LogP contribution is -2.60. The first-order valence-corrected chi connectivity index (χ1v) is 28.4. The van der Waals surface area contributed by atoms with Crippen molar-refractivity contribution in [1.82, 2.24) is 5.32 Å². The second-order valence-corrected chi connectivity index (χ2v) is 20.4. The van der Waals surface area contributed by atoms with Gasteiger partial charge in [0.2, 0.25) is 5.91 Å². The van der Waals surface area contributed by atoms with Crippen LogP contribution in [0.4, 0.5) is 0 Å². The van der Waals surface area contributed by atoms with Crippen LogP contribution in [-0.4, -0.2) is 110 Å². The van der Waals surface area contributed by atoms with Crippen LogP contribution in [0.1, 0.15) is 277 Å². The number of nitrogens with one attached hydrogen (secondary N) is 1. The fourth-order valence-electron chi connectivity index (χ4n) is 9.50. The summed E-state index contributed by atoms with van der Waals surface area (Å²) in [7, 11) is 0. The maximum atomic E-state index is 13.1. The number of amides is 1. The van der Waals surface area contributed by atoms with E-state index in [-0.39, 0.29) is 6.42 Å². The average Bonchev–Trinajstić information content (AvgIpc) is 3.32. The van der Waals surface area contributed by atoms with Gasteiger partial charge in [-0.3, -0.25) is 4.79 Å². The lowest BCUT2D eigenvalue weighted by molar-refractivity contribution is -0.303. The Balaban J connectivity index is 2.13. The van der Waals surface area contributed by atoms with Crippen LogP contribution >= 0.6 is 0 Å². The molecule has 394 valence electrons. The molecule has 1 amide bonds. The highest BCUT2D eigenvalue weighted by Crippen LogP contribution is 2.24. The standard InChI is InChI=1S/C55H109NO10/c1-3-5-7-9-11-13-14-15-16-17-18-19-20-21-22-23-24-25-26-27-28-29-30-31-32-33-34-35-37-39-41-43-48(59)54(64)56-46(45-65-55-53(63)52(62)51(61)49(44-57)66-55)50(60)47(58)42-40-38-36-12-10-8-6-4-2/h46-53,55,57-63H,3-45H2,1-2H3,(H,56,64). The third kappa shape index (κ3) is 33.6. The molecule has 0 aromatic carbocycles. The normalized spacial score (nSPS) is 20.7. The largest absolute Gasteiger partial charge is 0.394 e. The van der Waals surface area contributed by atoms with Gasteiger partial charge in [-0.1, -0.05) is 264 Å². The second kappa shape index (κ2) is 45.3. The van der Waals surface area contributed by atoms with E-state index in [0.717, 1.165) is 38.5 Å². The van der Waals surface area contributed by atoms with Crippen molar-refractivity contribution in [2.75, 3.05) is 13.2 Å². The summed E-state index contributed by atoms with van der Waals surface area (Å²) in [4.78, 5) is 13.1. The zero-order valence-corrected chi connectivity index (χ0v) is 43.0. The molecule has 0 aromatic rings. The Kier molecular flexibility index (Phi) is 43.3.